The van der Waals surface area contributed by atoms with E-state index >= 15 is 0 Å². The summed E-state index contributed by atoms with van der Waals surface area (Å²) >= 11 is 0. The van der Waals surface area contributed by atoms with Crippen LogP contribution in [0.3, 0.4) is 0 Å². The Labute approximate surface area is 118 Å². The maximum Gasteiger partial charge on any atom is 0.271 e. The van der Waals surface area contributed by atoms with Gasteiger partial charge >= 0.3 is 0 Å². The van der Waals surface area contributed by atoms with E-state index < -0.39 is 15.7 Å². The van der Waals surface area contributed by atoms with Gasteiger partial charge in [-0.15, -0.1) is 0 Å². The van der Waals surface area contributed by atoms with E-state index in [4.69, 9.17) is 5.21 Å². The molecule has 2 rings (SSSR count). The molecule has 108 valence electrons. The van der Waals surface area contributed by atoms with Gasteiger partial charge in [0.1, 0.15) is 0 Å². The van der Waals surface area contributed by atoms with Crippen LogP contribution in [0.4, 0.5) is 0 Å². The molecule has 1 aromatic carbocycles. The van der Waals surface area contributed by atoms with Crippen molar-refractivity contribution in [1.29, 1.82) is 0 Å². The summed E-state index contributed by atoms with van der Waals surface area (Å²) in [5, 5.41) is 8.73. The summed E-state index contributed by atoms with van der Waals surface area (Å²) in [7, 11) is -3.53. The van der Waals surface area contributed by atoms with Crippen molar-refractivity contribution in [1.82, 2.24) is 5.48 Å². The van der Waals surface area contributed by atoms with E-state index in [1.54, 1.807) is 24.3 Å². The molecule has 1 amide bonds. The molecular formula is C14H17NO4S. The van der Waals surface area contributed by atoms with Crippen LogP contribution in [0.25, 0.3) is 0 Å². The summed E-state index contributed by atoms with van der Waals surface area (Å²) < 4.78 is 24.9. The molecule has 0 saturated carbocycles. The van der Waals surface area contributed by atoms with E-state index in [-0.39, 0.29) is 16.2 Å². The Morgan fingerprint density at radius 3 is 2.45 bits per heavy atom. The quantitative estimate of drug-likeness (QED) is 0.657. The number of sulfone groups is 1. The Balaban J connectivity index is 2.35. The first-order chi connectivity index (χ1) is 9.54. The highest BCUT2D eigenvalue weighted by atomic mass is 32.2. The monoisotopic (exact) mass is 295 g/mol. The molecule has 0 unspecified atom stereocenters. The number of benzene rings is 1. The first-order valence-electron chi connectivity index (χ1n) is 6.48. The second-order valence-corrected chi connectivity index (χ2v) is 6.81. The SMILES string of the molecule is O=C(NO)C1=C(S(=O)(=O)Cc2ccccc2)CCCC1. The van der Waals surface area contributed by atoms with Gasteiger partial charge in [0.05, 0.1) is 10.7 Å². The zero-order valence-corrected chi connectivity index (χ0v) is 11.8. The molecule has 0 fully saturated rings. The molecule has 1 aliphatic carbocycles. The van der Waals surface area contributed by atoms with Crippen LogP contribution in [0, 0.1) is 0 Å². The molecule has 1 aliphatic rings. The molecule has 2 N–H and O–H groups in total. The van der Waals surface area contributed by atoms with Gasteiger partial charge < -0.3 is 0 Å². The fourth-order valence-corrected chi connectivity index (χ4v) is 4.24. The number of hydrogen-bond donors (Lipinski definition) is 2. The Kier molecular flexibility index (Phi) is 4.57. The van der Waals surface area contributed by atoms with Crippen molar-refractivity contribution >= 4 is 15.7 Å². The molecule has 0 atom stereocenters. The van der Waals surface area contributed by atoms with Crippen LogP contribution in [0.5, 0.6) is 0 Å². The van der Waals surface area contributed by atoms with Gasteiger partial charge in [-0.05, 0) is 31.2 Å². The summed E-state index contributed by atoms with van der Waals surface area (Å²) in [4.78, 5) is 11.8. The number of carbonyl (C=O) groups is 1. The van der Waals surface area contributed by atoms with Crippen LogP contribution in [0.15, 0.2) is 40.8 Å². The Morgan fingerprint density at radius 2 is 1.80 bits per heavy atom. The number of hydroxylamine groups is 1. The minimum absolute atomic E-state index is 0.120. The number of rotatable bonds is 4. The number of allylic oxidation sites excluding steroid dienone is 1. The highest BCUT2D eigenvalue weighted by Gasteiger charge is 2.28. The third-order valence-corrected chi connectivity index (χ3v) is 5.28. The maximum absolute atomic E-state index is 12.5. The van der Waals surface area contributed by atoms with Crippen molar-refractivity contribution in [2.45, 2.75) is 31.4 Å². The minimum Gasteiger partial charge on any atom is -0.288 e. The van der Waals surface area contributed by atoms with Crippen molar-refractivity contribution < 1.29 is 18.4 Å². The predicted molar refractivity (Wildman–Crippen MR) is 74.5 cm³/mol. The van der Waals surface area contributed by atoms with Gasteiger partial charge in [0.25, 0.3) is 5.91 Å². The molecule has 0 aromatic heterocycles. The lowest BCUT2D eigenvalue weighted by Gasteiger charge is -2.19. The molecule has 1 aromatic rings. The van der Waals surface area contributed by atoms with E-state index in [1.807, 2.05) is 6.07 Å². The normalized spacial score (nSPS) is 16.1. The van der Waals surface area contributed by atoms with Gasteiger partial charge in [0.15, 0.2) is 9.84 Å². The third kappa shape index (κ3) is 3.26. The minimum atomic E-state index is -3.53. The maximum atomic E-state index is 12.5. The van der Waals surface area contributed by atoms with E-state index in [9.17, 15) is 13.2 Å². The number of carbonyl (C=O) groups excluding carboxylic acids is 1. The molecule has 0 aliphatic heterocycles. The van der Waals surface area contributed by atoms with Gasteiger partial charge in [-0.3, -0.25) is 10.0 Å². The van der Waals surface area contributed by atoms with Crippen molar-refractivity contribution in [3.8, 4) is 0 Å². The molecule has 20 heavy (non-hydrogen) atoms. The van der Waals surface area contributed by atoms with E-state index in [0.717, 1.165) is 12.8 Å². The molecular weight excluding hydrogens is 278 g/mol. The first-order valence-corrected chi connectivity index (χ1v) is 8.13. The molecule has 5 nitrogen and oxygen atoms in total. The molecule has 0 saturated heterocycles. The second kappa shape index (κ2) is 6.19. The van der Waals surface area contributed by atoms with Gasteiger partial charge in [-0.2, -0.15) is 0 Å². The fraction of sp³-hybridized carbons (Fsp3) is 0.357. The first kappa shape index (κ1) is 14.7. The third-order valence-electron chi connectivity index (χ3n) is 3.37. The van der Waals surface area contributed by atoms with Crippen LogP contribution >= 0.6 is 0 Å². The highest BCUT2D eigenvalue weighted by molar-refractivity contribution is 7.94. The highest BCUT2D eigenvalue weighted by Crippen LogP contribution is 2.30. The molecule has 0 radical (unpaired) electrons. The Bertz CT molecular complexity index is 620. The zero-order chi connectivity index (χ0) is 14.6. The summed E-state index contributed by atoms with van der Waals surface area (Å²) in [6.45, 7) is 0. The summed E-state index contributed by atoms with van der Waals surface area (Å²) in [5.74, 6) is -0.831. The number of hydrogen-bond acceptors (Lipinski definition) is 4. The van der Waals surface area contributed by atoms with E-state index in [0.29, 0.717) is 18.4 Å². The van der Waals surface area contributed by atoms with Crippen LogP contribution in [-0.2, 0) is 20.4 Å². The van der Waals surface area contributed by atoms with E-state index in [2.05, 4.69) is 0 Å². The summed E-state index contributed by atoms with van der Waals surface area (Å²) in [6.07, 6.45) is 2.24. The smallest absolute Gasteiger partial charge is 0.271 e. The van der Waals surface area contributed by atoms with Crippen LogP contribution < -0.4 is 5.48 Å². The Morgan fingerprint density at radius 1 is 1.15 bits per heavy atom. The standard InChI is InChI=1S/C14H17NO4S/c16-14(15-17)12-8-4-5-9-13(12)20(18,19)10-11-6-2-1-3-7-11/h1-3,6-7,17H,4-5,8-10H2,(H,15,16). The average Bonchev–Trinajstić information content (AvgIpc) is 2.47. The van der Waals surface area contributed by atoms with Crippen LogP contribution in [0.1, 0.15) is 31.2 Å². The predicted octanol–water partition coefficient (Wildman–Crippen LogP) is 1.93. The number of nitrogens with one attached hydrogen (secondary N) is 1. The van der Waals surface area contributed by atoms with Gasteiger partial charge in [0, 0.05) is 5.57 Å². The van der Waals surface area contributed by atoms with Crippen molar-refractivity contribution in [2.24, 2.45) is 0 Å². The largest absolute Gasteiger partial charge is 0.288 e. The molecule has 6 heteroatoms. The molecule has 0 heterocycles. The van der Waals surface area contributed by atoms with Crippen LogP contribution in [-0.4, -0.2) is 19.5 Å². The summed E-state index contributed by atoms with van der Waals surface area (Å²) in [6, 6.07) is 8.86. The lowest BCUT2D eigenvalue weighted by molar-refractivity contribution is -0.125. The molecule has 0 spiro atoms. The summed E-state index contributed by atoms with van der Waals surface area (Å²) in [5.41, 5.74) is 2.42. The van der Waals surface area contributed by atoms with Crippen molar-refractivity contribution in [3.05, 3.63) is 46.4 Å². The lowest BCUT2D eigenvalue weighted by atomic mass is 9.99. The fourth-order valence-electron chi connectivity index (χ4n) is 2.41. The Hall–Kier alpha value is -1.66. The van der Waals surface area contributed by atoms with Gasteiger partial charge in [-0.25, -0.2) is 13.9 Å². The second-order valence-electron chi connectivity index (χ2n) is 4.79. The van der Waals surface area contributed by atoms with Crippen molar-refractivity contribution in [2.75, 3.05) is 0 Å². The number of amides is 1. The van der Waals surface area contributed by atoms with Crippen LogP contribution in [0.2, 0.25) is 0 Å². The van der Waals surface area contributed by atoms with Crippen molar-refractivity contribution in [3.63, 3.8) is 0 Å². The van der Waals surface area contributed by atoms with Gasteiger partial charge in [0.2, 0.25) is 0 Å². The van der Waals surface area contributed by atoms with E-state index in [1.165, 1.54) is 5.48 Å². The molecule has 0 bridgehead atoms. The zero-order valence-electron chi connectivity index (χ0n) is 11.0. The lowest BCUT2D eigenvalue weighted by Crippen LogP contribution is -2.26. The average molecular weight is 295 g/mol. The van der Waals surface area contributed by atoms with Gasteiger partial charge in [-0.1, -0.05) is 30.3 Å². The topological polar surface area (TPSA) is 83.5 Å².